The average Bonchev–Trinajstić information content (AvgIpc) is 2.65. The summed E-state index contributed by atoms with van der Waals surface area (Å²) in [4.78, 5) is 22.0. The molecule has 2 aromatic carbocycles. The van der Waals surface area contributed by atoms with E-state index in [2.05, 4.69) is 9.97 Å². The molecule has 1 aliphatic rings. The van der Waals surface area contributed by atoms with E-state index in [4.69, 9.17) is 16.3 Å². The van der Waals surface area contributed by atoms with Crippen LogP contribution in [-0.4, -0.2) is 21.0 Å². The van der Waals surface area contributed by atoms with Gasteiger partial charge in [-0.3, -0.25) is 4.90 Å². The zero-order valence-corrected chi connectivity index (χ0v) is 14.3. The summed E-state index contributed by atoms with van der Waals surface area (Å²) in [6, 6.07) is 11.7. The molecule has 1 aliphatic heterocycles. The highest BCUT2D eigenvalue weighted by Crippen LogP contribution is 2.32. The van der Waals surface area contributed by atoms with Gasteiger partial charge in [0.05, 0.1) is 18.1 Å². The maximum Gasteiger partial charge on any atom is 0.415 e. The van der Waals surface area contributed by atoms with E-state index >= 15 is 0 Å². The van der Waals surface area contributed by atoms with Gasteiger partial charge in [-0.15, -0.1) is 0 Å². The SMILES string of the molecule is O=C1Oc2ccc(-c3ccc(Cl)c(F)c3)cc2CN1Cc1ncccn1. The lowest BCUT2D eigenvalue weighted by atomic mass is 10.0. The van der Waals surface area contributed by atoms with E-state index in [1.165, 1.54) is 17.0 Å². The molecule has 1 aromatic heterocycles. The number of ether oxygens (including phenoxy) is 1. The van der Waals surface area contributed by atoms with E-state index in [9.17, 15) is 9.18 Å². The lowest BCUT2D eigenvalue weighted by Gasteiger charge is -2.27. The first kappa shape index (κ1) is 16.5. The van der Waals surface area contributed by atoms with Crippen LogP contribution < -0.4 is 4.74 Å². The lowest BCUT2D eigenvalue weighted by molar-refractivity contribution is 0.134. The second kappa shape index (κ2) is 6.72. The smallest absolute Gasteiger partial charge is 0.410 e. The molecule has 5 nitrogen and oxygen atoms in total. The number of carbonyl (C=O) groups is 1. The van der Waals surface area contributed by atoms with Crippen molar-refractivity contribution in [2.75, 3.05) is 0 Å². The number of hydrogen-bond donors (Lipinski definition) is 0. The van der Waals surface area contributed by atoms with E-state index in [0.717, 1.165) is 11.1 Å². The van der Waals surface area contributed by atoms with Gasteiger partial charge >= 0.3 is 6.09 Å². The number of aromatic nitrogens is 2. The molecule has 0 saturated carbocycles. The number of halogens is 2. The fourth-order valence-corrected chi connectivity index (χ4v) is 2.91. The maximum absolute atomic E-state index is 13.7. The van der Waals surface area contributed by atoms with E-state index in [-0.39, 0.29) is 11.6 Å². The van der Waals surface area contributed by atoms with Gasteiger partial charge in [-0.05, 0) is 41.5 Å². The summed E-state index contributed by atoms with van der Waals surface area (Å²) in [5.74, 6) is 0.554. The monoisotopic (exact) mass is 369 g/mol. The Morgan fingerprint density at radius 3 is 2.62 bits per heavy atom. The van der Waals surface area contributed by atoms with Gasteiger partial charge in [0.2, 0.25) is 0 Å². The minimum Gasteiger partial charge on any atom is -0.410 e. The Labute approximate surface area is 154 Å². The lowest BCUT2D eigenvalue weighted by Crippen LogP contribution is -2.36. The molecule has 0 spiro atoms. The molecule has 0 unspecified atom stereocenters. The third-order valence-electron chi connectivity index (χ3n) is 4.08. The van der Waals surface area contributed by atoms with Crippen molar-refractivity contribution < 1.29 is 13.9 Å². The van der Waals surface area contributed by atoms with Gasteiger partial charge in [0.1, 0.15) is 17.4 Å². The minimum absolute atomic E-state index is 0.0784. The van der Waals surface area contributed by atoms with Crippen LogP contribution in [0, 0.1) is 5.82 Å². The molecule has 0 aliphatic carbocycles. The van der Waals surface area contributed by atoms with Crippen LogP contribution in [0.5, 0.6) is 5.75 Å². The van der Waals surface area contributed by atoms with Crippen molar-refractivity contribution in [3.63, 3.8) is 0 Å². The Morgan fingerprint density at radius 1 is 1.12 bits per heavy atom. The van der Waals surface area contributed by atoms with Crippen molar-refractivity contribution in [2.24, 2.45) is 0 Å². The molecule has 1 amide bonds. The third-order valence-corrected chi connectivity index (χ3v) is 4.39. The zero-order chi connectivity index (χ0) is 18.1. The first-order valence-corrected chi connectivity index (χ1v) is 8.29. The number of carbonyl (C=O) groups excluding carboxylic acids is 1. The summed E-state index contributed by atoms with van der Waals surface area (Å²) < 4.78 is 19.1. The molecule has 0 atom stereocenters. The summed E-state index contributed by atoms with van der Waals surface area (Å²) in [6.45, 7) is 0.606. The Bertz CT molecular complexity index is 982. The molecule has 0 fully saturated rings. The highest BCUT2D eigenvalue weighted by atomic mass is 35.5. The van der Waals surface area contributed by atoms with Gasteiger partial charge in [-0.25, -0.2) is 19.2 Å². The van der Waals surface area contributed by atoms with Crippen molar-refractivity contribution >= 4 is 17.7 Å². The number of rotatable bonds is 3. The number of benzene rings is 2. The van der Waals surface area contributed by atoms with Gasteiger partial charge in [-0.2, -0.15) is 0 Å². The van der Waals surface area contributed by atoms with Crippen LogP contribution in [0.25, 0.3) is 11.1 Å². The fraction of sp³-hybridized carbons (Fsp3) is 0.105. The van der Waals surface area contributed by atoms with E-state index in [1.807, 2.05) is 6.07 Å². The fourth-order valence-electron chi connectivity index (χ4n) is 2.79. The van der Waals surface area contributed by atoms with Crippen molar-refractivity contribution in [1.82, 2.24) is 14.9 Å². The second-order valence-corrected chi connectivity index (χ2v) is 6.25. The Morgan fingerprint density at radius 2 is 1.85 bits per heavy atom. The van der Waals surface area contributed by atoms with Crippen LogP contribution in [0.3, 0.4) is 0 Å². The van der Waals surface area contributed by atoms with Crippen LogP contribution in [0.1, 0.15) is 11.4 Å². The zero-order valence-electron chi connectivity index (χ0n) is 13.5. The predicted octanol–water partition coefficient (Wildman–Crippen LogP) is 4.45. The van der Waals surface area contributed by atoms with Crippen molar-refractivity contribution in [1.29, 1.82) is 0 Å². The molecular formula is C19H13ClFN3O2. The van der Waals surface area contributed by atoms with E-state index in [1.54, 1.807) is 36.7 Å². The highest BCUT2D eigenvalue weighted by molar-refractivity contribution is 6.30. The molecule has 26 heavy (non-hydrogen) atoms. The molecule has 0 N–H and O–H groups in total. The largest absolute Gasteiger partial charge is 0.415 e. The number of hydrogen-bond acceptors (Lipinski definition) is 4. The topological polar surface area (TPSA) is 55.3 Å². The average molecular weight is 370 g/mol. The Kier molecular flexibility index (Phi) is 4.26. The van der Waals surface area contributed by atoms with Crippen LogP contribution in [-0.2, 0) is 13.1 Å². The van der Waals surface area contributed by atoms with Gasteiger partial charge in [0, 0.05) is 18.0 Å². The molecule has 3 aromatic rings. The first-order valence-electron chi connectivity index (χ1n) is 7.91. The first-order chi connectivity index (χ1) is 12.6. The van der Waals surface area contributed by atoms with Crippen LogP contribution in [0.4, 0.5) is 9.18 Å². The molecule has 0 radical (unpaired) electrons. The molecule has 130 valence electrons. The van der Waals surface area contributed by atoms with Crippen molar-refractivity contribution in [2.45, 2.75) is 13.1 Å². The maximum atomic E-state index is 13.7. The highest BCUT2D eigenvalue weighted by Gasteiger charge is 2.26. The van der Waals surface area contributed by atoms with Crippen LogP contribution >= 0.6 is 11.6 Å². The minimum atomic E-state index is -0.476. The normalized spacial score (nSPS) is 13.3. The van der Waals surface area contributed by atoms with Gasteiger partial charge in [-0.1, -0.05) is 23.7 Å². The van der Waals surface area contributed by atoms with Crippen molar-refractivity contribution in [3.8, 4) is 16.9 Å². The van der Waals surface area contributed by atoms with Gasteiger partial charge in [0.15, 0.2) is 0 Å². The predicted molar refractivity (Wildman–Crippen MR) is 94.1 cm³/mol. The summed E-state index contributed by atoms with van der Waals surface area (Å²) in [7, 11) is 0. The van der Waals surface area contributed by atoms with Crippen LogP contribution in [0.2, 0.25) is 5.02 Å². The molecule has 7 heteroatoms. The van der Waals surface area contributed by atoms with Gasteiger partial charge < -0.3 is 4.74 Å². The molecular weight excluding hydrogens is 357 g/mol. The standard InChI is InChI=1S/C19H13ClFN3O2/c20-15-4-2-13(9-16(15)21)12-3-5-17-14(8-12)10-24(19(25)26-17)11-18-22-6-1-7-23-18/h1-9H,10-11H2. The molecule has 0 saturated heterocycles. The number of amides is 1. The molecule has 2 heterocycles. The molecule has 0 bridgehead atoms. The van der Waals surface area contributed by atoms with Gasteiger partial charge in [0.25, 0.3) is 0 Å². The van der Waals surface area contributed by atoms with Crippen molar-refractivity contribution in [3.05, 3.63) is 77.1 Å². The summed E-state index contributed by atoms with van der Waals surface area (Å²) in [5.41, 5.74) is 2.34. The van der Waals surface area contributed by atoms with E-state index < -0.39 is 11.9 Å². The summed E-state index contributed by atoms with van der Waals surface area (Å²) >= 11 is 5.74. The quantitative estimate of drug-likeness (QED) is 0.684. The molecule has 4 rings (SSSR count). The Hall–Kier alpha value is -2.99. The van der Waals surface area contributed by atoms with E-state index in [0.29, 0.717) is 23.7 Å². The second-order valence-electron chi connectivity index (χ2n) is 5.84. The Balaban J connectivity index is 1.62. The summed E-state index contributed by atoms with van der Waals surface area (Å²) in [5, 5.41) is 0.0784. The van der Waals surface area contributed by atoms with Crippen LogP contribution in [0.15, 0.2) is 54.9 Å². The third kappa shape index (κ3) is 3.23. The summed E-state index contributed by atoms with van der Waals surface area (Å²) in [6.07, 6.45) is 2.80. The number of fused-ring (bicyclic) bond motifs is 1. The number of nitrogens with zero attached hydrogens (tertiary/aromatic N) is 3.